The first kappa shape index (κ1) is 12.8. The van der Waals surface area contributed by atoms with Crippen molar-refractivity contribution >= 4 is 17.4 Å². The van der Waals surface area contributed by atoms with E-state index >= 15 is 0 Å². The molecular weight excluding hydrogens is 248 g/mol. The van der Waals surface area contributed by atoms with Gasteiger partial charge in [-0.2, -0.15) is 0 Å². The van der Waals surface area contributed by atoms with E-state index in [1.165, 1.54) is 0 Å². The molecule has 0 fully saturated rings. The Hall–Kier alpha value is -1.65. The molecule has 0 radical (unpaired) electrons. The molecule has 1 aromatic heterocycles. The number of aromatic nitrogens is 2. The average molecular weight is 263 g/mol. The lowest BCUT2D eigenvalue weighted by Gasteiger charge is -2.18. The van der Waals surface area contributed by atoms with Crippen LogP contribution in [0.15, 0.2) is 36.7 Å². The van der Waals surface area contributed by atoms with Crippen molar-refractivity contribution in [2.45, 2.75) is 13.1 Å². The van der Waals surface area contributed by atoms with Gasteiger partial charge in [-0.3, -0.25) is 4.98 Å². The van der Waals surface area contributed by atoms with Crippen LogP contribution in [0.25, 0.3) is 0 Å². The molecule has 2 N–H and O–H groups in total. The summed E-state index contributed by atoms with van der Waals surface area (Å²) in [7, 11) is 1.95. The second-order valence-electron chi connectivity index (χ2n) is 4.02. The minimum Gasteiger partial charge on any atom is -0.354 e. The maximum Gasteiger partial charge on any atom is 0.147 e. The Labute approximate surface area is 111 Å². The molecule has 1 heterocycles. The molecule has 2 aromatic rings. The minimum atomic E-state index is 0.404. The normalized spacial score (nSPS) is 10.4. The van der Waals surface area contributed by atoms with Crippen LogP contribution >= 0.6 is 11.6 Å². The van der Waals surface area contributed by atoms with E-state index in [-0.39, 0.29) is 0 Å². The summed E-state index contributed by atoms with van der Waals surface area (Å²) in [6.07, 6.45) is 3.41. The molecule has 0 amide bonds. The van der Waals surface area contributed by atoms with Crippen molar-refractivity contribution in [3.05, 3.63) is 52.9 Å². The van der Waals surface area contributed by atoms with Crippen LogP contribution in [0.1, 0.15) is 11.3 Å². The summed E-state index contributed by atoms with van der Waals surface area (Å²) < 4.78 is 0. The monoisotopic (exact) mass is 262 g/mol. The summed E-state index contributed by atoms with van der Waals surface area (Å²) in [4.78, 5) is 10.5. The molecule has 0 saturated carbocycles. The molecule has 4 nitrogen and oxygen atoms in total. The largest absolute Gasteiger partial charge is 0.354 e. The van der Waals surface area contributed by atoms with Crippen LogP contribution in [0, 0.1) is 0 Å². The van der Waals surface area contributed by atoms with Gasteiger partial charge in [0.15, 0.2) is 0 Å². The van der Waals surface area contributed by atoms with Crippen molar-refractivity contribution in [1.29, 1.82) is 0 Å². The van der Waals surface area contributed by atoms with E-state index in [9.17, 15) is 0 Å². The van der Waals surface area contributed by atoms with Crippen molar-refractivity contribution in [2.75, 3.05) is 11.9 Å². The second-order valence-corrected chi connectivity index (χ2v) is 4.42. The maximum atomic E-state index is 6.12. The van der Waals surface area contributed by atoms with Gasteiger partial charge in [0, 0.05) is 25.2 Å². The molecule has 0 aliphatic rings. The lowest BCUT2D eigenvalue weighted by Crippen LogP contribution is -2.18. The lowest BCUT2D eigenvalue weighted by atomic mass is 10.2. The van der Waals surface area contributed by atoms with Crippen molar-refractivity contribution in [3.63, 3.8) is 0 Å². The fourth-order valence-corrected chi connectivity index (χ4v) is 1.81. The van der Waals surface area contributed by atoms with Gasteiger partial charge in [-0.15, -0.1) is 0 Å². The number of anilines is 1. The molecule has 5 heteroatoms. The first-order chi connectivity index (χ1) is 8.70. The van der Waals surface area contributed by atoms with Crippen LogP contribution in [-0.4, -0.2) is 17.0 Å². The van der Waals surface area contributed by atoms with Crippen LogP contribution in [0.4, 0.5) is 5.82 Å². The van der Waals surface area contributed by atoms with Crippen molar-refractivity contribution < 1.29 is 0 Å². The zero-order valence-corrected chi connectivity index (χ0v) is 10.9. The summed E-state index contributed by atoms with van der Waals surface area (Å²) in [6, 6.07) is 7.77. The highest BCUT2D eigenvalue weighted by Crippen LogP contribution is 2.18. The Morgan fingerprint density at radius 1 is 1.22 bits per heavy atom. The van der Waals surface area contributed by atoms with Gasteiger partial charge in [0.2, 0.25) is 0 Å². The van der Waals surface area contributed by atoms with E-state index in [1.54, 1.807) is 12.4 Å². The van der Waals surface area contributed by atoms with Crippen LogP contribution in [0.5, 0.6) is 0 Å². The molecule has 0 aliphatic carbocycles. The smallest absolute Gasteiger partial charge is 0.147 e. The molecule has 0 aliphatic heterocycles. The maximum absolute atomic E-state index is 6.12. The second kappa shape index (κ2) is 5.80. The average Bonchev–Trinajstić information content (AvgIpc) is 2.41. The van der Waals surface area contributed by atoms with Crippen LogP contribution < -0.4 is 10.6 Å². The van der Waals surface area contributed by atoms with Crippen molar-refractivity contribution in [3.8, 4) is 0 Å². The van der Waals surface area contributed by atoms with Gasteiger partial charge in [-0.05, 0) is 11.6 Å². The molecular formula is C13H15ClN4. The highest BCUT2D eigenvalue weighted by molar-refractivity contribution is 6.31. The summed E-state index contributed by atoms with van der Waals surface area (Å²) in [5, 5.41) is 0.760. The quantitative estimate of drug-likeness (QED) is 0.918. The highest BCUT2D eigenvalue weighted by atomic mass is 35.5. The van der Waals surface area contributed by atoms with E-state index in [0.717, 1.165) is 22.1 Å². The molecule has 1 aromatic carbocycles. The first-order valence-corrected chi connectivity index (χ1v) is 6.04. The molecule has 0 saturated heterocycles. The molecule has 0 atom stereocenters. The zero-order valence-electron chi connectivity index (χ0n) is 10.2. The zero-order chi connectivity index (χ0) is 13.0. The highest BCUT2D eigenvalue weighted by Gasteiger charge is 2.06. The number of hydrogen-bond donors (Lipinski definition) is 1. The summed E-state index contributed by atoms with van der Waals surface area (Å²) in [5.74, 6) is 0.798. The van der Waals surface area contributed by atoms with E-state index in [1.807, 2.05) is 36.2 Å². The molecule has 94 valence electrons. The number of benzene rings is 1. The number of rotatable bonds is 4. The third-order valence-electron chi connectivity index (χ3n) is 2.66. The van der Waals surface area contributed by atoms with Crippen LogP contribution in [0.3, 0.4) is 0 Å². The first-order valence-electron chi connectivity index (χ1n) is 5.66. The molecule has 0 bridgehead atoms. The molecule has 0 spiro atoms. The number of nitrogens with zero attached hydrogens (tertiary/aromatic N) is 3. The van der Waals surface area contributed by atoms with Gasteiger partial charge in [0.25, 0.3) is 0 Å². The summed E-state index contributed by atoms with van der Waals surface area (Å²) >= 11 is 6.12. The van der Waals surface area contributed by atoms with Crippen molar-refractivity contribution in [2.24, 2.45) is 5.73 Å². The Balaban J connectivity index is 2.11. The van der Waals surface area contributed by atoms with Gasteiger partial charge in [-0.25, -0.2) is 4.98 Å². The molecule has 18 heavy (non-hydrogen) atoms. The lowest BCUT2D eigenvalue weighted by molar-refractivity contribution is 0.874. The summed E-state index contributed by atoms with van der Waals surface area (Å²) in [6.45, 7) is 1.10. The third-order valence-corrected chi connectivity index (χ3v) is 3.03. The number of hydrogen-bond acceptors (Lipinski definition) is 4. The minimum absolute atomic E-state index is 0.404. The topological polar surface area (TPSA) is 55.0 Å². The predicted octanol–water partition coefficient (Wildman–Crippen LogP) is 2.23. The van der Waals surface area contributed by atoms with E-state index in [4.69, 9.17) is 17.3 Å². The molecule has 2 rings (SSSR count). The Kier molecular flexibility index (Phi) is 4.12. The predicted molar refractivity (Wildman–Crippen MR) is 73.5 cm³/mol. The number of nitrogens with two attached hydrogens (primary N) is 1. The van der Waals surface area contributed by atoms with Crippen LogP contribution in [-0.2, 0) is 13.1 Å². The summed E-state index contributed by atoms with van der Waals surface area (Å²) in [5.41, 5.74) is 7.33. The van der Waals surface area contributed by atoms with Gasteiger partial charge >= 0.3 is 0 Å². The Morgan fingerprint density at radius 3 is 2.61 bits per heavy atom. The Bertz CT molecular complexity index is 513. The van der Waals surface area contributed by atoms with Gasteiger partial charge in [0.1, 0.15) is 5.82 Å². The van der Waals surface area contributed by atoms with E-state index < -0.39 is 0 Å². The van der Waals surface area contributed by atoms with Gasteiger partial charge in [0.05, 0.1) is 18.1 Å². The fourth-order valence-electron chi connectivity index (χ4n) is 1.61. The Morgan fingerprint density at radius 2 is 2.00 bits per heavy atom. The van der Waals surface area contributed by atoms with Crippen LogP contribution in [0.2, 0.25) is 5.02 Å². The van der Waals surface area contributed by atoms with Crippen molar-refractivity contribution in [1.82, 2.24) is 9.97 Å². The van der Waals surface area contributed by atoms with Gasteiger partial charge in [-0.1, -0.05) is 29.8 Å². The van der Waals surface area contributed by atoms with Gasteiger partial charge < -0.3 is 10.6 Å². The standard InChI is InChI=1S/C13H15ClN4/c1-18(9-10-4-2-3-5-12(10)14)13-8-16-11(6-15)7-17-13/h2-5,7-8H,6,9,15H2,1H3. The fraction of sp³-hybridized carbons (Fsp3) is 0.231. The SMILES string of the molecule is CN(Cc1ccccc1Cl)c1cnc(CN)cn1. The third kappa shape index (κ3) is 2.97. The number of halogens is 1. The van der Waals surface area contributed by atoms with E-state index in [0.29, 0.717) is 13.1 Å². The van der Waals surface area contributed by atoms with E-state index in [2.05, 4.69) is 9.97 Å². The molecule has 0 unspecified atom stereocenters.